The summed E-state index contributed by atoms with van der Waals surface area (Å²) in [6.07, 6.45) is 12.8. The molecular weight excluding hydrogens is 422 g/mol. The van der Waals surface area contributed by atoms with Gasteiger partial charge in [0.2, 0.25) is 0 Å². The smallest absolute Gasteiger partial charge is 0.269 e. The van der Waals surface area contributed by atoms with Crippen LogP contribution in [0.1, 0.15) is 24.1 Å². The molecule has 2 aliphatic rings. The molecule has 1 fully saturated rings. The van der Waals surface area contributed by atoms with Gasteiger partial charge in [-0.25, -0.2) is 17.4 Å². The van der Waals surface area contributed by atoms with Crippen LogP contribution in [0, 0.1) is 0 Å². The van der Waals surface area contributed by atoms with Crippen molar-refractivity contribution in [3.63, 3.8) is 0 Å². The number of fused-ring (bicyclic) bond motifs is 2. The van der Waals surface area contributed by atoms with Crippen LogP contribution in [0.25, 0.3) is 17.1 Å². The number of nitrogens with zero attached hydrogens (tertiary/aromatic N) is 3. The molecule has 0 saturated carbocycles. The van der Waals surface area contributed by atoms with E-state index in [2.05, 4.69) is 28.2 Å². The maximum atomic E-state index is 12.4. The molecule has 32 heavy (non-hydrogen) atoms. The number of benzene rings is 1. The van der Waals surface area contributed by atoms with Gasteiger partial charge in [0.1, 0.15) is 0 Å². The fraction of sp³-hybridized carbons (Fsp3) is 0.200. The van der Waals surface area contributed by atoms with E-state index < -0.39 is 10.0 Å². The lowest BCUT2D eigenvalue weighted by molar-refractivity contribution is 0.198. The van der Waals surface area contributed by atoms with Crippen LogP contribution in [0.4, 0.5) is 0 Å². The van der Waals surface area contributed by atoms with E-state index in [0.717, 1.165) is 25.0 Å². The maximum absolute atomic E-state index is 12.4. The third-order valence-electron chi connectivity index (χ3n) is 5.08. The summed E-state index contributed by atoms with van der Waals surface area (Å²) in [5.74, 6) is 0. The van der Waals surface area contributed by atoms with E-state index in [1.807, 2.05) is 18.3 Å². The largest absolute Gasteiger partial charge is 0.381 e. The van der Waals surface area contributed by atoms with E-state index in [4.69, 9.17) is 4.74 Å². The first-order chi connectivity index (χ1) is 15.7. The van der Waals surface area contributed by atoms with Gasteiger partial charge in [-0.15, -0.1) is 0 Å². The van der Waals surface area contributed by atoms with E-state index in [1.165, 1.54) is 34.3 Å². The highest BCUT2D eigenvalue weighted by atomic mass is 32.2. The van der Waals surface area contributed by atoms with Gasteiger partial charge in [-0.1, -0.05) is 36.4 Å². The van der Waals surface area contributed by atoms with Crippen molar-refractivity contribution in [1.82, 2.24) is 13.9 Å². The average molecular weight is 448 g/mol. The molecule has 0 N–H and O–H groups in total. The quantitative estimate of drug-likeness (QED) is 0.444. The fourth-order valence-electron chi connectivity index (χ4n) is 3.42. The normalized spacial score (nSPS) is 14.2. The molecule has 164 valence electrons. The summed E-state index contributed by atoms with van der Waals surface area (Å²) in [5, 5.41) is 0.803. The minimum absolute atomic E-state index is 0.258. The van der Waals surface area contributed by atoms with Crippen LogP contribution in [0.15, 0.2) is 90.2 Å². The van der Waals surface area contributed by atoms with Gasteiger partial charge in [0.05, 0.1) is 10.6 Å². The van der Waals surface area contributed by atoms with Gasteiger partial charge in [-0.05, 0) is 54.8 Å². The fourth-order valence-corrected chi connectivity index (χ4v) is 4.75. The Bertz CT molecular complexity index is 1290. The number of pyridine rings is 2. The number of allylic oxidation sites excluding steroid dienone is 1. The van der Waals surface area contributed by atoms with Gasteiger partial charge < -0.3 is 4.74 Å². The third-order valence-corrected chi connectivity index (χ3v) is 6.76. The molecule has 0 unspecified atom stereocenters. The lowest BCUT2D eigenvalue weighted by Gasteiger charge is -2.06. The summed E-state index contributed by atoms with van der Waals surface area (Å²) in [5.41, 5.74) is 2.93. The Kier molecular flexibility index (Phi) is 7.09. The Hall–Kier alpha value is -3.29. The standard InChI is InChI=1S/C13H10N2O2S.C8H7N.C4H8O/c16-18(17,12-6-2-1-3-7-12)15-10-8-11-5-4-9-14-13(11)15;1-3-7-4-2-6-9-8(7)5-1;1-2-4-5-3-1/h1-10H;1-4,6H,5H2;1-4H2. The minimum atomic E-state index is -3.57. The predicted molar refractivity (Wildman–Crippen MR) is 126 cm³/mol. The second kappa shape index (κ2) is 10.3. The number of aromatic nitrogens is 3. The van der Waals surface area contributed by atoms with Gasteiger partial charge in [0, 0.05) is 43.6 Å². The highest BCUT2D eigenvalue weighted by Gasteiger charge is 2.18. The van der Waals surface area contributed by atoms with Gasteiger partial charge in [-0.3, -0.25) is 4.98 Å². The van der Waals surface area contributed by atoms with Gasteiger partial charge in [0.25, 0.3) is 10.0 Å². The van der Waals surface area contributed by atoms with Crippen molar-refractivity contribution in [3.8, 4) is 0 Å². The van der Waals surface area contributed by atoms with E-state index in [9.17, 15) is 8.42 Å². The molecule has 1 aliphatic heterocycles. The Morgan fingerprint density at radius 1 is 0.844 bits per heavy atom. The first kappa shape index (κ1) is 21.9. The molecule has 1 aromatic carbocycles. The van der Waals surface area contributed by atoms with Crippen LogP contribution < -0.4 is 0 Å². The average Bonchev–Trinajstić information content (AvgIpc) is 3.62. The molecule has 0 bridgehead atoms. The highest BCUT2D eigenvalue weighted by molar-refractivity contribution is 7.90. The molecule has 4 heterocycles. The van der Waals surface area contributed by atoms with Crippen molar-refractivity contribution in [2.45, 2.75) is 24.2 Å². The van der Waals surface area contributed by atoms with Crippen LogP contribution in [0.3, 0.4) is 0 Å². The van der Waals surface area contributed by atoms with Gasteiger partial charge >= 0.3 is 0 Å². The summed E-state index contributed by atoms with van der Waals surface area (Å²) < 4.78 is 31.0. The van der Waals surface area contributed by atoms with Crippen molar-refractivity contribution >= 4 is 27.1 Å². The zero-order valence-corrected chi connectivity index (χ0v) is 18.5. The number of rotatable bonds is 2. The number of ether oxygens (including phenoxy) is 1. The van der Waals surface area contributed by atoms with Crippen LogP contribution in [0.2, 0.25) is 0 Å². The second-order valence-corrected chi connectivity index (χ2v) is 9.13. The van der Waals surface area contributed by atoms with E-state index >= 15 is 0 Å². The second-order valence-electron chi connectivity index (χ2n) is 7.31. The first-order valence-corrected chi connectivity index (χ1v) is 12.0. The van der Waals surface area contributed by atoms with E-state index in [-0.39, 0.29) is 4.90 Å². The summed E-state index contributed by atoms with van der Waals surface area (Å²) in [4.78, 5) is 8.57. The topological polar surface area (TPSA) is 74.1 Å². The first-order valence-electron chi connectivity index (χ1n) is 10.6. The van der Waals surface area contributed by atoms with Crippen LogP contribution in [0.5, 0.6) is 0 Å². The van der Waals surface area contributed by atoms with Crippen molar-refractivity contribution in [2.24, 2.45) is 0 Å². The molecule has 4 aromatic rings. The molecule has 7 heteroatoms. The van der Waals surface area contributed by atoms with Crippen LogP contribution in [-0.2, 0) is 21.2 Å². The van der Waals surface area contributed by atoms with Crippen molar-refractivity contribution in [3.05, 3.63) is 96.6 Å². The van der Waals surface area contributed by atoms with E-state index in [1.54, 1.807) is 48.7 Å². The Labute approximate surface area is 188 Å². The minimum Gasteiger partial charge on any atom is -0.381 e. The summed E-state index contributed by atoms with van der Waals surface area (Å²) in [6.45, 7) is 2.00. The molecular formula is C25H25N3O3S. The Balaban J connectivity index is 0.000000143. The zero-order valence-electron chi connectivity index (χ0n) is 17.7. The Morgan fingerprint density at radius 2 is 1.59 bits per heavy atom. The summed E-state index contributed by atoms with van der Waals surface area (Å²) in [6, 6.07) is 17.7. The molecule has 0 atom stereocenters. The summed E-state index contributed by atoms with van der Waals surface area (Å²) in [7, 11) is -3.57. The number of hydrogen-bond acceptors (Lipinski definition) is 5. The molecule has 3 aromatic heterocycles. The molecule has 1 saturated heterocycles. The molecule has 0 spiro atoms. The van der Waals surface area contributed by atoms with Crippen molar-refractivity contribution in [2.75, 3.05) is 13.2 Å². The number of hydrogen-bond donors (Lipinski definition) is 0. The van der Waals surface area contributed by atoms with E-state index in [0.29, 0.717) is 5.65 Å². The lowest BCUT2D eigenvalue weighted by atomic mass is 10.2. The van der Waals surface area contributed by atoms with Crippen molar-refractivity contribution < 1.29 is 13.2 Å². The highest BCUT2D eigenvalue weighted by Crippen LogP contribution is 2.20. The monoisotopic (exact) mass is 447 g/mol. The van der Waals surface area contributed by atoms with Crippen LogP contribution in [-0.4, -0.2) is 35.6 Å². The SMILES string of the molecule is C1=Cc2cccnc2C1.C1CCOC1.O=S(=O)(c1ccccc1)n1ccc2cccnc21. The molecule has 1 aliphatic carbocycles. The third kappa shape index (κ3) is 5.12. The maximum Gasteiger partial charge on any atom is 0.269 e. The summed E-state index contributed by atoms with van der Waals surface area (Å²) >= 11 is 0. The lowest BCUT2D eigenvalue weighted by Crippen LogP contribution is -2.12. The van der Waals surface area contributed by atoms with Crippen molar-refractivity contribution in [1.29, 1.82) is 0 Å². The zero-order chi connectivity index (χ0) is 22.2. The molecule has 0 amide bonds. The molecule has 6 nitrogen and oxygen atoms in total. The van der Waals surface area contributed by atoms with Gasteiger partial charge in [-0.2, -0.15) is 0 Å². The van der Waals surface area contributed by atoms with Crippen LogP contribution >= 0.6 is 0 Å². The van der Waals surface area contributed by atoms with Gasteiger partial charge in [0.15, 0.2) is 5.65 Å². The molecule has 0 radical (unpaired) electrons. The predicted octanol–water partition coefficient (Wildman–Crippen LogP) is 4.72. The Morgan fingerprint density at radius 3 is 2.31 bits per heavy atom. The molecule has 6 rings (SSSR count).